The summed E-state index contributed by atoms with van der Waals surface area (Å²) in [6, 6.07) is 5.95. The molecule has 19 heavy (non-hydrogen) atoms. The number of benzene rings is 2. The molecule has 0 fully saturated rings. The van der Waals surface area contributed by atoms with E-state index in [9.17, 15) is 17.7 Å². The third kappa shape index (κ3) is 2.62. The van der Waals surface area contributed by atoms with Gasteiger partial charge >= 0.3 is 0 Å². The third-order valence-electron chi connectivity index (χ3n) is 2.58. The minimum absolute atomic E-state index is 0.0772. The SMILES string of the molecule is Cc1ccc(Nc2c(NF)ccc(F)c2F)c(F)c1. The van der Waals surface area contributed by atoms with E-state index in [1.807, 2.05) is 0 Å². The van der Waals surface area contributed by atoms with Crippen LogP contribution in [-0.2, 0) is 0 Å². The summed E-state index contributed by atoms with van der Waals surface area (Å²) >= 11 is 0. The topological polar surface area (TPSA) is 24.1 Å². The summed E-state index contributed by atoms with van der Waals surface area (Å²) in [5, 5.41) is 2.34. The van der Waals surface area contributed by atoms with E-state index in [2.05, 4.69) is 5.32 Å². The monoisotopic (exact) mass is 270 g/mol. The van der Waals surface area contributed by atoms with E-state index in [4.69, 9.17) is 0 Å². The summed E-state index contributed by atoms with van der Waals surface area (Å²) in [5.74, 6) is -3.09. The molecule has 6 heteroatoms. The lowest BCUT2D eigenvalue weighted by molar-refractivity contribution is 0.510. The maximum atomic E-state index is 13.6. The highest BCUT2D eigenvalue weighted by Crippen LogP contribution is 2.31. The van der Waals surface area contributed by atoms with Crippen LogP contribution in [0.15, 0.2) is 30.3 Å². The summed E-state index contributed by atoms with van der Waals surface area (Å²) in [5.41, 5.74) is 1.00. The van der Waals surface area contributed by atoms with Crippen LogP contribution < -0.4 is 10.9 Å². The lowest BCUT2D eigenvalue weighted by atomic mass is 10.2. The zero-order valence-corrected chi connectivity index (χ0v) is 9.90. The van der Waals surface area contributed by atoms with Crippen molar-refractivity contribution in [2.75, 3.05) is 10.9 Å². The zero-order chi connectivity index (χ0) is 14.0. The van der Waals surface area contributed by atoms with Crippen molar-refractivity contribution in [2.45, 2.75) is 6.92 Å². The van der Waals surface area contributed by atoms with E-state index in [1.54, 1.807) is 13.0 Å². The van der Waals surface area contributed by atoms with Gasteiger partial charge in [0.15, 0.2) is 11.6 Å². The van der Waals surface area contributed by atoms with E-state index in [0.717, 1.165) is 12.1 Å². The second-order valence-corrected chi connectivity index (χ2v) is 3.99. The molecule has 0 saturated carbocycles. The van der Waals surface area contributed by atoms with Gasteiger partial charge in [-0.05, 0) is 36.8 Å². The van der Waals surface area contributed by atoms with Crippen molar-refractivity contribution in [1.29, 1.82) is 0 Å². The first-order chi connectivity index (χ1) is 9.02. The minimum atomic E-state index is -1.29. The highest BCUT2D eigenvalue weighted by molar-refractivity contribution is 5.74. The molecule has 0 aliphatic carbocycles. The van der Waals surface area contributed by atoms with Crippen LogP contribution in [0.4, 0.5) is 34.7 Å². The van der Waals surface area contributed by atoms with Crippen LogP contribution >= 0.6 is 0 Å². The molecule has 0 heterocycles. The normalized spacial score (nSPS) is 10.4. The third-order valence-corrected chi connectivity index (χ3v) is 2.58. The van der Waals surface area contributed by atoms with Crippen LogP contribution in [0.3, 0.4) is 0 Å². The molecule has 0 amide bonds. The van der Waals surface area contributed by atoms with Crippen molar-refractivity contribution < 1.29 is 17.7 Å². The number of halogens is 4. The Labute approximate surface area is 107 Å². The summed E-state index contributed by atoms with van der Waals surface area (Å²) < 4.78 is 52.8. The summed E-state index contributed by atoms with van der Waals surface area (Å²) in [6.07, 6.45) is 0. The molecule has 0 radical (unpaired) electrons. The fraction of sp³-hybridized carbons (Fsp3) is 0.0769. The van der Waals surface area contributed by atoms with Crippen LogP contribution in [0.25, 0.3) is 0 Å². The van der Waals surface area contributed by atoms with Crippen molar-refractivity contribution >= 4 is 17.1 Å². The average Bonchev–Trinajstić information content (AvgIpc) is 2.38. The molecule has 0 bridgehead atoms. The number of hydrogen-bond acceptors (Lipinski definition) is 2. The Bertz CT molecular complexity index is 614. The highest BCUT2D eigenvalue weighted by Gasteiger charge is 2.15. The van der Waals surface area contributed by atoms with Gasteiger partial charge in [0.1, 0.15) is 11.5 Å². The van der Waals surface area contributed by atoms with Gasteiger partial charge in [-0.3, -0.25) is 0 Å². The molecule has 0 aromatic heterocycles. The van der Waals surface area contributed by atoms with Crippen LogP contribution in [0.2, 0.25) is 0 Å². The second-order valence-electron chi connectivity index (χ2n) is 3.99. The molecular formula is C13H10F4N2. The maximum absolute atomic E-state index is 13.6. The van der Waals surface area contributed by atoms with E-state index in [-0.39, 0.29) is 11.4 Å². The van der Waals surface area contributed by atoms with Gasteiger partial charge in [0.2, 0.25) is 0 Å². The average molecular weight is 270 g/mol. The van der Waals surface area contributed by atoms with Gasteiger partial charge in [0.25, 0.3) is 0 Å². The van der Waals surface area contributed by atoms with E-state index in [1.165, 1.54) is 17.7 Å². The minimum Gasteiger partial charge on any atom is -0.349 e. The number of nitrogens with one attached hydrogen (secondary N) is 2. The van der Waals surface area contributed by atoms with E-state index in [0.29, 0.717) is 5.56 Å². The van der Waals surface area contributed by atoms with Crippen molar-refractivity contribution in [3.05, 3.63) is 53.3 Å². The van der Waals surface area contributed by atoms with Crippen molar-refractivity contribution in [2.24, 2.45) is 0 Å². The first-order valence-electron chi connectivity index (χ1n) is 5.40. The van der Waals surface area contributed by atoms with Gasteiger partial charge in [-0.25, -0.2) is 18.7 Å². The molecule has 0 spiro atoms. The molecule has 2 N–H and O–H groups in total. The number of anilines is 3. The quantitative estimate of drug-likeness (QED) is 0.636. The molecule has 100 valence electrons. The van der Waals surface area contributed by atoms with Crippen LogP contribution in [-0.4, -0.2) is 0 Å². The molecule has 0 saturated heterocycles. The summed E-state index contributed by atoms with van der Waals surface area (Å²) in [7, 11) is 0. The van der Waals surface area contributed by atoms with Gasteiger partial charge in [-0.15, -0.1) is 4.48 Å². The Morgan fingerprint density at radius 1 is 0.895 bits per heavy atom. The Morgan fingerprint density at radius 2 is 1.58 bits per heavy atom. The first kappa shape index (κ1) is 13.2. The predicted molar refractivity (Wildman–Crippen MR) is 65.5 cm³/mol. The summed E-state index contributed by atoms with van der Waals surface area (Å²) in [6.45, 7) is 1.68. The Balaban J connectivity index is 2.45. The summed E-state index contributed by atoms with van der Waals surface area (Å²) in [4.78, 5) is 0. The van der Waals surface area contributed by atoms with Crippen LogP contribution in [0.1, 0.15) is 5.56 Å². The fourth-order valence-corrected chi connectivity index (χ4v) is 1.61. The molecular weight excluding hydrogens is 260 g/mol. The Hall–Kier alpha value is -2.24. The lowest BCUT2D eigenvalue weighted by Crippen LogP contribution is -2.02. The maximum Gasteiger partial charge on any atom is 0.184 e. The zero-order valence-electron chi connectivity index (χ0n) is 9.90. The molecule has 0 unspecified atom stereocenters. The molecule has 0 aliphatic heterocycles. The van der Waals surface area contributed by atoms with Crippen LogP contribution in [0.5, 0.6) is 0 Å². The van der Waals surface area contributed by atoms with Gasteiger partial charge in [0, 0.05) is 0 Å². The molecule has 0 aliphatic rings. The van der Waals surface area contributed by atoms with Gasteiger partial charge in [0.05, 0.1) is 11.4 Å². The van der Waals surface area contributed by atoms with Crippen molar-refractivity contribution in [3.63, 3.8) is 0 Å². The van der Waals surface area contributed by atoms with Gasteiger partial charge in [-0.2, -0.15) is 0 Å². The number of hydrogen-bond donors (Lipinski definition) is 2. The Kier molecular flexibility index (Phi) is 3.59. The number of rotatable bonds is 3. The largest absolute Gasteiger partial charge is 0.349 e. The molecule has 2 rings (SSSR count). The van der Waals surface area contributed by atoms with Crippen LogP contribution in [0, 0.1) is 24.4 Å². The fourth-order valence-electron chi connectivity index (χ4n) is 1.61. The predicted octanol–water partition coefficient (Wildman–Crippen LogP) is 4.45. The van der Waals surface area contributed by atoms with Gasteiger partial charge in [-0.1, -0.05) is 6.07 Å². The van der Waals surface area contributed by atoms with E-state index < -0.39 is 23.1 Å². The van der Waals surface area contributed by atoms with Gasteiger partial charge < -0.3 is 5.32 Å². The number of aryl methyl sites for hydroxylation is 1. The first-order valence-corrected chi connectivity index (χ1v) is 5.40. The van der Waals surface area contributed by atoms with Crippen molar-refractivity contribution in [1.82, 2.24) is 0 Å². The lowest BCUT2D eigenvalue weighted by Gasteiger charge is -2.12. The van der Waals surface area contributed by atoms with Crippen molar-refractivity contribution in [3.8, 4) is 0 Å². The smallest absolute Gasteiger partial charge is 0.184 e. The molecule has 0 atom stereocenters. The van der Waals surface area contributed by atoms with E-state index >= 15 is 0 Å². The molecule has 2 aromatic rings. The standard InChI is InChI=1S/C13H10F4N2/c1-7-2-4-10(9(15)6-7)18-13-11(19-17)5-3-8(14)12(13)16/h2-6,18-19H,1H3. The Morgan fingerprint density at radius 3 is 2.21 bits per heavy atom. The molecule has 2 nitrogen and oxygen atoms in total. The second kappa shape index (κ2) is 5.17. The molecule has 2 aromatic carbocycles. The highest BCUT2D eigenvalue weighted by atomic mass is 19.2.